The van der Waals surface area contributed by atoms with Crippen LogP contribution in [0.1, 0.15) is 62.8 Å². The predicted octanol–water partition coefficient (Wildman–Crippen LogP) is 5.29. The van der Waals surface area contributed by atoms with E-state index >= 15 is 0 Å². The first-order chi connectivity index (χ1) is 21.0. The van der Waals surface area contributed by atoms with Crippen LogP contribution in [-0.4, -0.2) is 54.3 Å². The first-order valence-electron chi connectivity index (χ1n) is 14.5. The van der Waals surface area contributed by atoms with E-state index in [0.717, 1.165) is 0 Å². The van der Waals surface area contributed by atoms with Crippen LogP contribution in [-0.2, 0) is 25.6 Å². The standard InChI is InChI=1S/C34H39FN2O7/c1-33(2,3)44-29(39)16-17-34(32(40)36-22-23-8-5-10-26(35)20-23)30(25-9-6-11-28(21-25)41-4)43-31(37-34)24-12-14-27(15-13-24)42-19-7-18-38/h5-6,8-15,20-21,30,38H,7,16-19,22H2,1-4H3,(H,36,40)/t30-,34-/m1/s1. The lowest BCUT2D eigenvalue weighted by molar-refractivity contribution is -0.155. The van der Waals surface area contributed by atoms with Crippen molar-refractivity contribution in [1.29, 1.82) is 0 Å². The Balaban J connectivity index is 1.74. The number of amides is 1. The Morgan fingerprint density at radius 2 is 1.80 bits per heavy atom. The van der Waals surface area contributed by atoms with Crippen molar-refractivity contribution in [3.63, 3.8) is 0 Å². The summed E-state index contributed by atoms with van der Waals surface area (Å²) in [5, 5.41) is 11.9. The molecule has 44 heavy (non-hydrogen) atoms. The molecule has 3 aromatic carbocycles. The van der Waals surface area contributed by atoms with Crippen molar-refractivity contribution >= 4 is 17.8 Å². The van der Waals surface area contributed by atoms with Crippen molar-refractivity contribution in [2.24, 2.45) is 4.99 Å². The van der Waals surface area contributed by atoms with E-state index in [1.807, 2.05) is 6.07 Å². The number of carbonyl (C=O) groups is 2. The van der Waals surface area contributed by atoms with Gasteiger partial charge in [-0.2, -0.15) is 0 Å². The lowest BCUT2D eigenvalue weighted by Crippen LogP contribution is -2.48. The van der Waals surface area contributed by atoms with Crippen LogP contribution in [0.25, 0.3) is 0 Å². The maximum atomic E-state index is 14.2. The van der Waals surface area contributed by atoms with Crippen molar-refractivity contribution < 1.29 is 38.0 Å². The zero-order valence-corrected chi connectivity index (χ0v) is 25.5. The molecule has 3 aromatic rings. The zero-order valence-electron chi connectivity index (χ0n) is 25.5. The lowest BCUT2D eigenvalue weighted by Gasteiger charge is -2.31. The second kappa shape index (κ2) is 14.4. The molecule has 0 aromatic heterocycles. The third-order valence-corrected chi connectivity index (χ3v) is 6.90. The number of benzene rings is 3. The third kappa shape index (κ3) is 8.35. The van der Waals surface area contributed by atoms with Gasteiger partial charge in [0, 0.05) is 31.6 Å². The molecule has 10 heteroatoms. The summed E-state index contributed by atoms with van der Waals surface area (Å²) < 4.78 is 37.0. The molecule has 0 aliphatic carbocycles. The highest BCUT2D eigenvalue weighted by atomic mass is 19.1. The number of aliphatic hydroxyl groups excluding tert-OH is 1. The van der Waals surface area contributed by atoms with Crippen molar-refractivity contribution in [1.82, 2.24) is 5.32 Å². The number of rotatable bonds is 13. The van der Waals surface area contributed by atoms with Crippen LogP contribution in [0.2, 0.25) is 0 Å². The van der Waals surface area contributed by atoms with Gasteiger partial charge in [0.05, 0.1) is 13.7 Å². The van der Waals surface area contributed by atoms with Gasteiger partial charge in [0.2, 0.25) is 5.90 Å². The molecule has 1 aliphatic heterocycles. The molecule has 9 nitrogen and oxygen atoms in total. The number of nitrogens with zero attached hydrogens (tertiary/aromatic N) is 1. The van der Waals surface area contributed by atoms with Gasteiger partial charge in [-0.05, 0) is 86.8 Å². The molecule has 1 amide bonds. The molecule has 1 aliphatic rings. The summed E-state index contributed by atoms with van der Waals surface area (Å²) in [7, 11) is 1.54. The number of halogens is 1. The molecule has 0 saturated heterocycles. The summed E-state index contributed by atoms with van der Waals surface area (Å²) in [4.78, 5) is 32.0. The summed E-state index contributed by atoms with van der Waals surface area (Å²) in [6.07, 6.45) is -0.555. The molecule has 1 heterocycles. The van der Waals surface area contributed by atoms with Gasteiger partial charge in [-0.3, -0.25) is 9.59 Å². The van der Waals surface area contributed by atoms with Gasteiger partial charge in [-0.25, -0.2) is 9.38 Å². The number of hydrogen-bond acceptors (Lipinski definition) is 8. The average molecular weight is 607 g/mol. The van der Waals surface area contributed by atoms with Crippen LogP contribution >= 0.6 is 0 Å². The minimum Gasteiger partial charge on any atom is -0.497 e. The molecule has 2 N–H and O–H groups in total. The summed E-state index contributed by atoms with van der Waals surface area (Å²) >= 11 is 0. The maximum Gasteiger partial charge on any atom is 0.306 e. The number of aliphatic imine (C=N–C) groups is 1. The van der Waals surface area contributed by atoms with E-state index in [4.69, 9.17) is 29.0 Å². The minimum atomic E-state index is -1.58. The van der Waals surface area contributed by atoms with Gasteiger partial charge in [-0.1, -0.05) is 24.3 Å². The quantitative estimate of drug-likeness (QED) is 0.201. The van der Waals surface area contributed by atoms with Gasteiger partial charge in [0.15, 0.2) is 11.6 Å². The smallest absolute Gasteiger partial charge is 0.306 e. The molecule has 4 rings (SSSR count). The average Bonchev–Trinajstić information content (AvgIpc) is 3.39. The fourth-order valence-electron chi connectivity index (χ4n) is 4.84. The normalized spacial score (nSPS) is 17.8. The van der Waals surface area contributed by atoms with Crippen LogP contribution in [0.5, 0.6) is 11.5 Å². The summed E-state index contributed by atoms with van der Waals surface area (Å²) in [5.74, 6) is -0.00704. The molecule has 0 bridgehead atoms. The summed E-state index contributed by atoms with van der Waals surface area (Å²) in [6, 6.07) is 20.1. The Labute approximate surface area is 257 Å². The third-order valence-electron chi connectivity index (χ3n) is 6.90. The first-order valence-corrected chi connectivity index (χ1v) is 14.5. The van der Waals surface area contributed by atoms with Crippen LogP contribution in [0.15, 0.2) is 77.8 Å². The Morgan fingerprint density at radius 1 is 1.05 bits per heavy atom. The largest absolute Gasteiger partial charge is 0.497 e. The number of carbonyl (C=O) groups excluding carboxylic acids is 2. The number of ether oxygens (including phenoxy) is 4. The van der Waals surface area contributed by atoms with E-state index in [9.17, 15) is 14.0 Å². The van der Waals surface area contributed by atoms with Crippen molar-refractivity contribution in [3.05, 3.63) is 95.3 Å². The summed E-state index contributed by atoms with van der Waals surface area (Å²) in [5.41, 5.74) is -0.500. The van der Waals surface area contributed by atoms with Gasteiger partial charge < -0.3 is 29.4 Å². The number of methoxy groups -OCH3 is 1. The predicted molar refractivity (Wildman–Crippen MR) is 163 cm³/mol. The van der Waals surface area contributed by atoms with Gasteiger partial charge in [0.25, 0.3) is 5.91 Å². The first kappa shape index (κ1) is 32.5. The van der Waals surface area contributed by atoms with E-state index in [1.54, 1.807) is 82.5 Å². The molecule has 0 fully saturated rings. The summed E-state index contributed by atoms with van der Waals surface area (Å²) in [6.45, 7) is 5.76. The number of hydrogen-bond donors (Lipinski definition) is 2. The highest BCUT2D eigenvalue weighted by Crippen LogP contribution is 2.44. The lowest BCUT2D eigenvalue weighted by atomic mass is 9.83. The van der Waals surface area contributed by atoms with Crippen LogP contribution in [0.4, 0.5) is 4.39 Å². The number of esters is 1. The van der Waals surface area contributed by atoms with Gasteiger partial charge >= 0.3 is 5.97 Å². The van der Waals surface area contributed by atoms with Crippen LogP contribution in [0.3, 0.4) is 0 Å². The Bertz CT molecular complexity index is 1470. The monoisotopic (exact) mass is 606 g/mol. The fourth-order valence-corrected chi connectivity index (χ4v) is 4.84. The van der Waals surface area contributed by atoms with E-state index in [2.05, 4.69) is 5.32 Å². The molecule has 2 atom stereocenters. The van der Waals surface area contributed by atoms with E-state index in [1.165, 1.54) is 12.1 Å². The van der Waals surface area contributed by atoms with Crippen molar-refractivity contribution in [2.75, 3.05) is 20.3 Å². The van der Waals surface area contributed by atoms with Gasteiger partial charge in [0.1, 0.15) is 22.9 Å². The zero-order chi connectivity index (χ0) is 31.7. The van der Waals surface area contributed by atoms with E-state index in [-0.39, 0.29) is 31.9 Å². The fraction of sp³-hybridized carbons (Fsp3) is 0.382. The SMILES string of the molecule is COc1cccc([C@H]2OC(c3ccc(OCCCO)cc3)=N[C@@]2(CCC(=O)OC(C)(C)C)C(=O)NCc2cccc(F)c2)c1. The Morgan fingerprint density at radius 3 is 2.48 bits per heavy atom. The Kier molecular flexibility index (Phi) is 10.6. The van der Waals surface area contributed by atoms with Crippen LogP contribution < -0.4 is 14.8 Å². The highest BCUT2D eigenvalue weighted by Gasteiger charge is 2.53. The minimum absolute atomic E-state index is 0.0232. The molecular formula is C34H39FN2O7. The molecule has 0 unspecified atom stereocenters. The molecular weight excluding hydrogens is 567 g/mol. The molecule has 234 valence electrons. The maximum absolute atomic E-state index is 14.2. The van der Waals surface area contributed by atoms with Crippen molar-refractivity contribution in [3.8, 4) is 11.5 Å². The van der Waals surface area contributed by atoms with E-state index < -0.39 is 34.9 Å². The Hall–Kier alpha value is -4.44. The second-order valence-corrected chi connectivity index (χ2v) is 11.5. The molecule has 0 radical (unpaired) electrons. The second-order valence-electron chi connectivity index (χ2n) is 11.5. The molecule has 0 spiro atoms. The molecule has 0 saturated carbocycles. The van der Waals surface area contributed by atoms with Crippen LogP contribution in [0, 0.1) is 5.82 Å². The van der Waals surface area contributed by atoms with Crippen molar-refractivity contribution in [2.45, 2.75) is 63.8 Å². The van der Waals surface area contributed by atoms with E-state index in [0.29, 0.717) is 41.2 Å². The van der Waals surface area contributed by atoms with Gasteiger partial charge in [-0.15, -0.1) is 0 Å². The topological polar surface area (TPSA) is 116 Å². The highest BCUT2D eigenvalue weighted by molar-refractivity contribution is 6.01. The number of nitrogens with one attached hydrogen (secondary N) is 1. The number of aliphatic hydroxyl groups is 1.